The van der Waals surface area contributed by atoms with Crippen molar-refractivity contribution in [2.45, 2.75) is 13.0 Å². The van der Waals surface area contributed by atoms with Gasteiger partial charge in [0.1, 0.15) is 11.5 Å². The first-order valence-electron chi connectivity index (χ1n) is 6.85. The predicted molar refractivity (Wildman–Crippen MR) is 83.7 cm³/mol. The summed E-state index contributed by atoms with van der Waals surface area (Å²) >= 11 is 0. The van der Waals surface area contributed by atoms with Crippen molar-refractivity contribution in [1.82, 2.24) is 10.3 Å². The zero-order valence-electron chi connectivity index (χ0n) is 12.6. The summed E-state index contributed by atoms with van der Waals surface area (Å²) < 4.78 is 10.7. The normalized spacial score (nSPS) is 12.0. The maximum absolute atomic E-state index is 6.09. The number of nitrogens with one attached hydrogen (secondary N) is 1. The molecule has 1 atom stereocenters. The number of nitrogen functional groups attached to an aromatic ring is 1. The molecule has 5 heteroatoms. The van der Waals surface area contributed by atoms with E-state index in [1.165, 1.54) is 0 Å². The Bertz CT molecular complexity index is 580. The molecule has 2 rings (SSSR count). The summed E-state index contributed by atoms with van der Waals surface area (Å²) in [7, 11) is 3.28. The Balaban J connectivity index is 2.50. The molecule has 1 aromatic carbocycles. The molecule has 112 valence electrons. The predicted octanol–water partition coefficient (Wildman–Crippen LogP) is 2.38. The Kier molecular flexibility index (Phi) is 5.00. The maximum atomic E-state index is 6.09. The van der Waals surface area contributed by atoms with Gasteiger partial charge in [0, 0.05) is 29.7 Å². The number of ether oxygens (including phenoxy) is 2. The van der Waals surface area contributed by atoms with Gasteiger partial charge in [-0.15, -0.1) is 0 Å². The number of rotatable bonds is 6. The molecule has 0 aliphatic rings. The molecule has 1 unspecified atom stereocenters. The number of hydrogen-bond donors (Lipinski definition) is 2. The van der Waals surface area contributed by atoms with Crippen LogP contribution in [-0.2, 0) is 0 Å². The van der Waals surface area contributed by atoms with Gasteiger partial charge in [0.25, 0.3) is 0 Å². The molecular weight excluding hydrogens is 266 g/mol. The van der Waals surface area contributed by atoms with E-state index in [0.29, 0.717) is 5.69 Å². The minimum atomic E-state index is -0.0623. The molecule has 0 aliphatic heterocycles. The number of nitrogens with zero attached hydrogens (tertiary/aromatic N) is 1. The highest BCUT2D eigenvalue weighted by Crippen LogP contribution is 2.31. The third kappa shape index (κ3) is 3.44. The van der Waals surface area contributed by atoms with Crippen LogP contribution in [0.3, 0.4) is 0 Å². The minimum Gasteiger partial charge on any atom is -0.497 e. The largest absolute Gasteiger partial charge is 0.497 e. The summed E-state index contributed by atoms with van der Waals surface area (Å²) in [6.07, 6.45) is 3.47. The summed E-state index contributed by atoms with van der Waals surface area (Å²) in [5.74, 6) is 1.49. The van der Waals surface area contributed by atoms with Crippen molar-refractivity contribution in [2.24, 2.45) is 0 Å². The standard InChI is InChI=1S/C16H21N3O2/c1-4-19-16(14-10-18-6-5-15(14)17)11-7-12(20-2)9-13(8-11)21-3/h5-10,16,19H,4H2,1-3H3,(H2,17,18). The van der Waals surface area contributed by atoms with Gasteiger partial charge in [-0.3, -0.25) is 4.98 Å². The smallest absolute Gasteiger partial charge is 0.122 e. The van der Waals surface area contributed by atoms with Crippen LogP contribution in [0.5, 0.6) is 11.5 Å². The fourth-order valence-corrected chi connectivity index (χ4v) is 2.27. The molecule has 3 N–H and O–H groups in total. The summed E-state index contributed by atoms with van der Waals surface area (Å²) in [5, 5.41) is 3.43. The van der Waals surface area contributed by atoms with Crippen molar-refractivity contribution in [3.05, 3.63) is 47.8 Å². The second kappa shape index (κ2) is 6.95. The summed E-state index contributed by atoms with van der Waals surface area (Å²) in [6, 6.07) is 7.54. The lowest BCUT2D eigenvalue weighted by Crippen LogP contribution is -2.23. The molecule has 1 aromatic heterocycles. The fourth-order valence-electron chi connectivity index (χ4n) is 2.27. The van der Waals surface area contributed by atoms with Crippen molar-refractivity contribution in [2.75, 3.05) is 26.5 Å². The number of aromatic nitrogens is 1. The molecule has 0 bridgehead atoms. The monoisotopic (exact) mass is 287 g/mol. The molecule has 0 amide bonds. The molecule has 0 radical (unpaired) electrons. The number of hydrogen-bond acceptors (Lipinski definition) is 5. The number of nitrogens with two attached hydrogens (primary N) is 1. The molecule has 0 fully saturated rings. The van der Waals surface area contributed by atoms with Gasteiger partial charge >= 0.3 is 0 Å². The van der Waals surface area contributed by atoms with Crippen LogP contribution >= 0.6 is 0 Å². The van der Waals surface area contributed by atoms with Gasteiger partial charge in [0.15, 0.2) is 0 Å². The Morgan fingerprint density at radius 2 is 1.86 bits per heavy atom. The Morgan fingerprint density at radius 1 is 1.19 bits per heavy atom. The van der Waals surface area contributed by atoms with Crippen LogP contribution in [0.25, 0.3) is 0 Å². The van der Waals surface area contributed by atoms with Crippen LogP contribution in [0.2, 0.25) is 0 Å². The van der Waals surface area contributed by atoms with E-state index in [4.69, 9.17) is 15.2 Å². The lowest BCUT2D eigenvalue weighted by molar-refractivity contribution is 0.392. The molecule has 1 heterocycles. The first-order valence-corrected chi connectivity index (χ1v) is 6.85. The van der Waals surface area contributed by atoms with Gasteiger partial charge in [-0.05, 0) is 30.3 Å². The second-order valence-electron chi connectivity index (χ2n) is 4.64. The van der Waals surface area contributed by atoms with Crippen molar-refractivity contribution in [1.29, 1.82) is 0 Å². The molecular formula is C16H21N3O2. The van der Waals surface area contributed by atoms with E-state index in [2.05, 4.69) is 17.2 Å². The van der Waals surface area contributed by atoms with Crippen LogP contribution in [0.4, 0.5) is 5.69 Å². The SMILES string of the molecule is CCNC(c1cc(OC)cc(OC)c1)c1cnccc1N. The van der Waals surface area contributed by atoms with Crippen LogP contribution in [0.15, 0.2) is 36.7 Å². The maximum Gasteiger partial charge on any atom is 0.122 e. The average Bonchev–Trinajstić information content (AvgIpc) is 2.53. The molecule has 0 saturated carbocycles. The van der Waals surface area contributed by atoms with E-state index in [1.807, 2.05) is 18.2 Å². The van der Waals surface area contributed by atoms with Gasteiger partial charge in [-0.25, -0.2) is 0 Å². The molecule has 0 saturated heterocycles. The van der Waals surface area contributed by atoms with Crippen LogP contribution in [0.1, 0.15) is 24.1 Å². The zero-order chi connectivity index (χ0) is 15.2. The highest BCUT2D eigenvalue weighted by molar-refractivity contribution is 5.51. The van der Waals surface area contributed by atoms with Crippen molar-refractivity contribution in [3.8, 4) is 11.5 Å². The Hall–Kier alpha value is -2.27. The molecule has 21 heavy (non-hydrogen) atoms. The van der Waals surface area contributed by atoms with Gasteiger partial charge < -0.3 is 20.5 Å². The Labute approximate surface area is 125 Å². The van der Waals surface area contributed by atoms with E-state index >= 15 is 0 Å². The van der Waals surface area contributed by atoms with E-state index < -0.39 is 0 Å². The molecule has 0 spiro atoms. The molecule has 5 nitrogen and oxygen atoms in total. The zero-order valence-corrected chi connectivity index (χ0v) is 12.6. The average molecular weight is 287 g/mol. The van der Waals surface area contributed by atoms with Crippen LogP contribution in [0, 0.1) is 0 Å². The van der Waals surface area contributed by atoms with Crippen molar-refractivity contribution >= 4 is 5.69 Å². The molecule has 2 aromatic rings. The lowest BCUT2D eigenvalue weighted by Gasteiger charge is -2.21. The topological polar surface area (TPSA) is 69.4 Å². The van der Waals surface area contributed by atoms with E-state index in [-0.39, 0.29) is 6.04 Å². The first-order chi connectivity index (χ1) is 10.2. The fraction of sp³-hybridized carbons (Fsp3) is 0.312. The second-order valence-corrected chi connectivity index (χ2v) is 4.64. The van der Waals surface area contributed by atoms with Gasteiger partial charge in [0.2, 0.25) is 0 Å². The minimum absolute atomic E-state index is 0.0623. The van der Waals surface area contributed by atoms with E-state index in [0.717, 1.165) is 29.2 Å². The van der Waals surface area contributed by atoms with Gasteiger partial charge in [0.05, 0.1) is 20.3 Å². The van der Waals surface area contributed by atoms with Crippen molar-refractivity contribution in [3.63, 3.8) is 0 Å². The lowest BCUT2D eigenvalue weighted by atomic mass is 9.98. The molecule has 0 aliphatic carbocycles. The Morgan fingerprint density at radius 3 is 2.38 bits per heavy atom. The van der Waals surface area contributed by atoms with Gasteiger partial charge in [-0.2, -0.15) is 0 Å². The number of anilines is 1. The summed E-state index contributed by atoms with van der Waals surface area (Å²) in [4.78, 5) is 4.18. The first kappa shape index (κ1) is 15.1. The third-order valence-electron chi connectivity index (χ3n) is 3.31. The number of methoxy groups -OCH3 is 2. The number of pyridine rings is 1. The summed E-state index contributed by atoms with van der Waals surface area (Å²) in [5.41, 5.74) is 8.75. The van der Waals surface area contributed by atoms with E-state index in [1.54, 1.807) is 32.7 Å². The van der Waals surface area contributed by atoms with E-state index in [9.17, 15) is 0 Å². The third-order valence-corrected chi connectivity index (χ3v) is 3.31. The van der Waals surface area contributed by atoms with Crippen LogP contribution < -0.4 is 20.5 Å². The quantitative estimate of drug-likeness (QED) is 0.853. The summed E-state index contributed by atoms with van der Waals surface area (Å²) in [6.45, 7) is 2.86. The van der Waals surface area contributed by atoms with Crippen LogP contribution in [-0.4, -0.2) is 25.7 Å². The van der Waals surface area contributed by atoms with Gasteiger partial charge in [-0.1, -0.05) is 6.92 Å². The van der Waals surface area contributed by atoms with Crippen molar-refractivity contribution < 1.29 is 9.47 Å². The highest BCUT2D eigenvalue weighted by atomic mass is 16.5. The highest BCUT2D eigenvalue weighted by Gasteiger charge is 2.17. The number of benzene rings is 1.